The molecule has 2 unspecified atom stereocenters. The minimum atomic E-state index is -4.89. The highest BCUT2D eigenvalue weighted by molar-refractivity contribution is 7.86. The second kappa shape index (κ2) is 28.9. The predicted molar refractivity (Wildman–Crippen MR) is 267 cm³/mol. The molecular formula is C49H67N3O21S3-2. The van der Waals surface area contributed by atoms with Crippen LogP contribution in [-0.4, -0.2) is 198 Å². The smallest absolute Gasteiger partial charge is 0.335 e. The zero-order chi connectivity index (χ0) is 55.6. The van der Waals surface area contributed by atoms with Gasteiger partial charge in [0.1, 0.15) is 26.8 Å². The van der Waals surface area contributed by atoms with Crippen LogP contribution in [0.1, 0.15) is 63.5 Å². The van der Waals surface area contributed by atoms with E-state index < -0.39 is 74.5 Å². The summed E-state index contributed by atoms with van der Waals surface area (Å²) in [4.78, 5) is 40.7. The van der Waals surface area contributed by atoms with E-state index >= 15 is 0 Å². The number of hydrogen-bond donors (Lipinski definition) is 0. The number of hydroxylamine groups is 2. The average molecular weight is 1130 g/mol. The zero-order valence-corrected chi connectivity index (χ0v) is 45.5. The van der Waals surface area contributed by atoms with Crippen LogP contribution in [0.2, 0.25) is 0 Å². The Kier molecular flexibility index (Phi) is 23.6. The Labute approximate surface area is 444 Å². The predicted octanol–water partition coefficient (Wildman–Crippen LogP) is 2.17. The molecule has 2 aromatic rings. The van der Waals surface area contributed by atoms with Crippen LogP contribution >= 0.6 is 0 Å². The number of nitrogens with zero attached hydrogens (tertiary/aromatic N) is 3. The summed E-state index contributed by atoms with van der Waals surface area (Å²) in [5.41, 5.74) is 1.49. The Balaban J connectivity index is 1.15. The molecule has 24 nitrogen and oxygen atoms in total. The van der Waals surface area contributed by atoms with Gasteiger partial charge in [-0.25, -0.2) is 30.0 Å². The number of amides is 2. The van der Waals surface area contributed by atoms with E-state index in [1.165, 1.54) is 44.6 Å². The number of allylic oxidation sites excluding steroid dienone is 4. The van der Waals surface area contributed by atoms with Crippen LogP contribution in [0.15, 0.2) is 70.1 Å². The summed E-state index contributed by atoms with van der Waals surface area (Å²) >= 11 is 0. The molecule has 3 aliphatic heterocycles. The lowest BCUT2D eigenvalue weighted by Crippen LogP contribution is -2.33. The fraction of sp³-hybridized carbons (Fsp3) is 0.592. The van der Waals surface area contributed by atoms with E-state index in [0.717, 1.165) is 0 Å². The molecule has 2 atom stereocenters. The third-order valence-corrected chi connectivity index (χ3v) is 15.3. The Morgan fingerprint density at radius 1 is 0.658 bits per heavy atom. The fourth-order valence-electron chi connectivity index (χ4n) is 9.02. The van der Waals surface area contributed by atoms with Gasteiger partial charge in [-0.3, -0.25) is 9.59 Å². The zero-order valence-electron chi connectivity index (χ0n) is 43.1. The Morgan fingerprint density at radius 3 is 1.70 bits per heavy atom. The Morgan fingerprint density at radius 2 is 1.17 bits per heavy atom. The second-order valence-corrected chi connectivity index (χ2v) is 22.4. The lowest BCUT2D eigenvalue weighted by molar-refractivity contribution is -0.441. The Hall–Kier alpha value is -4.59. The molecule has 27 heteroatoms. The lowest BCUT2D eigenvalue weighted by atomic mass is 9.75. The highest BCUT2D eigenvalue weighted by Crippen LogP contribution is 2.51. The SMILES string of the molecule is COCC[N+]1=C(/C=C/C=C2/N(CCOCCOCCOCCOCCOCCOCCC(=O)ON3C(=O)CCC3=O)c3ccc(S(=O)(=O)[O-])cc3C2(C)CCOC)C(C)(CCCS(=O)(=O)[O-])c2cc(S(=O)(=O)[O-])ccc21. The maximum atomic E-state index is 12.3. The molecule has 2 aromatic carbocycles. The van der Waals surface area contributed by atoms with Crippen molar-refractivity contribution in [1.82, 2.24) is 5.06 Å². The van der Waals surface area contributed by atoms with Crippen LogP contribution in [-0.2, 0) is 98.3 Å². The van der Waals surface area contributed by atoms with Crippen molar-refractivity contribution in [2.24, 2.45) is 0 Å². The van der Waals surface area contributed by atoms with Gasteiger partial charge in [0.25, 0.3) is 11.8 Å². The van der Waals surface area contributed by atoms with Gasteiger partial charge in [-0.2, -0.15) is 4.58 Å². The molecule has 424 valence electrons. The van der Waals surface area contributed by atoms with Crippen molar-refractivity contribution >= 4 is 65.2 Å². The summed E-state index contributed by atoms with van der Waals surface area (Å²) < 4.78 is 155. The largest absolute Gasteiger partial charge is 0.748 e. The number of imide groups is 1. The molecule has 0 aromatic heterocycles. The quantitative estimate of drug-likeness (QED) is 0.0408. The number of hydrogen-bond acceptors (Lipinski definition) is 22. The van der Waals surface area contributed by atoms with Crippen molar-refractivity contribution in [3.05, 3.63) is 71.5 Å². The van der Waals surface area contributed by atoms with Crippen LogP contribution in [0.3, 0.4) is 0 Å². The van der Waals surface area contributed by atoms with Crippen molar-refractivity contribution in [3.63, 3.8) is 0 Å². The van der Waals surface area contributed by atoms with Crippen LogP contribution < -0.4 is 4.90 Å². The average Bonchev–Trinajstić information content (AvgIpc) is 3.91. The highest BCUT2D eigenvalue weighted by Gasteiger charge is 2.48. The number of benzene rings is 2. The summed E-state index contributed by atoms with van der Waals surface area (Å²) in [6.07, 6.45) is 5.67. The van der Waals surface area contributed by atoms with Crippen LogP contribution in [0.4, 0.5) is 11.4 Å². The van der Waals surface area contributed by atoms with Crippen LogP contribution in [0.5, 0.6) is 0 Å². The summed E-state index contributed by atoms with van der Waals surface area (Å²) in [6.45, 7) is 7.82. The van der Waals surface area contributed by atoms with E-state index in [4.69, 9.17) is 42.7 Å². The lowest BCUT2D eigenvalue weighted by Gasteiger charge is -2.30. The van der Waals surface area contributed by atoms with Crippen molar-refractivity contribution in [1.29, 1.82) is 0 Å². The first-order chi connectivity index (χ1) is 36.0. The molecule has 5 rings (SSSR count). The fourth-order valence-corrected chi connectivity index (χ4v) is 10.5. The minimum Gasteiger partial charge on any atom is -0.748 e. The van der Waals surface area contributed by atoms with Crippen molar-refractivity contribution in [3.8, 4) is 0 Å². The number of ether oxygens (including phenoxy) is 8. The number of rotatable bonds is 36. The van der Waals surface area contributed by atoms with Gasteiger partial charge in [0.05, 0.1) is 111 Å². The molecule has 0 N–H and O–H groups in total. The van der Waals surface area contributed by atoms with E-state index in [0.29, 0.717) is 85.0 Å². The highest BCUT2D eigenvalue weighted by atomic mass is 32.2. The number of fused-ring (bicyclic) bond motifs is 2. The van der Waals surface area contributed by atoms with E-state index in [-0.39, 0.29) is 98.0 Å². The molecule has 76 heavy (non-hydrogen) atoms. The maximum absolute atomic E-state index is 12.3. The molecule has 3 heterocycles. The summed E-state index contributed by atoms with van der Waals surface area (Å²) in [5.74, 6) is -2.51. The van der Waals surface area contributed by atoms with E-state index in [2.05, 4.69) is 0 Å². The van der Waals surface area contributed by atoms with Gasteiger partial charge in [-0.05, 0) is 75.1 Å². The summed E-state index contributed by atoms with van der Waals surface area (Å²) in [6, 6.07) is 8.21. The number of anilines is 1. The van der Waals surface area contributed by atoms with E-state index in [1.807, 2.05) is 22.5 Å². The van der Waals surface area contributed by atoms with Gasteiger partial charge in [0.2, 0.25) is 5.69 Å². The van der Waals surface area contributed by atoms with Crippen LogP contribution in [0, 0.1) is 0 Å². The molecule has 1 saturated heterocycles. The molecule has 3 aliphatic rings. The molecular weight excluding hydrogens is 1060 g/mol. The molecule has 0 bridgehead atoms. The number of carbonyl (C=O) groups excluding carboxylic acids is 3. The first-order valence-corrected chi connectivity index (χ1v) is 28.9. The van der Waals surface area contributed by atoms with Gasteiger partial charge in [0, 0.05) is 80.5 Å². The number of carbonyl (C=O) groups is 3. The standard InChI is InChI=1S/C49H69N3O21S3/c1-48(16-6-34-74(56,57)58)39-35-37(75(59,60)61)9-11-41(39)50(18-22-66-4)43(48)7-5-8-44-49(2,17-21-65-3)40-36-38(76(62,63)64)10-12-42(40)51(44)19-23-68-25-27-70-29-31-72-33-32-71-30-28-69-26-24-67-20-15-47(55)73-52-45(53)13-14-46(52)54/h5,7-12,35-36H,6,13-34H2,1-4H3,(H2-,56,57,58,59,60,61,62,63,64)/p-2. The topological polar surface area (TPSA) is 315 Å². The van der Waals surface area contributed by atoms with Gasteiger partial charge in [0.15, 0.2) is 12.3 Å². The molecule has 1 fully saturated rings. The first kappa shape index (κ1) is 62.3. The van der Waals surface area contributed by atoms with Gasteiger partial charge in [-0.1, -0.05) is 6.08 Å². The number of methoxy groups -OCH3 is 2. The monoisotopic (exact) mass is 1130 g/mol. The molecule has 0 aliphatic carbocycles. The summed E-state index contributed by atoms with van der Waals surface area (Å²) in [5, 5.41) is 0.491. The van der Waals surface area contributed by atoms with Gasteiger partial charge in [-0.15, -0.1) is 5.06 Å². The molecule has 0 spiro atoms. The van der Waals surface area contributed by atoms with E-state index in [1.54, 1.807) is 25.1 Å². The second-order valence-electron chi connectivity index (χ2n) is 18.1. The molecule has 0 saturated carbocycles. The van der Waals surface area contributed by atoms with Crippen molar-refractivity contribution in [2.75, 3.05) is 130 Å². The minimum absolute atomic E-state index is 0.0199. The van der Waals surface area contributed by atoms with Gasteiger partial charge >= 0.3 is 5.97 Å². The van der Waals surface area contributed by atoms with Crippen LogP contribution in [0.25, 0.3) is 0 Å². The first-order valence-electron chi connectivity index (χ1n) is 24.5. The Bertz CT molecular complexity index is 2750. The summed E-state index contributed by atoms with van der Waals surface area (Å²) in [7, 11) is -11.3. The normalized spacial score (nSPS) is 19.5. The third kappa shape index (κ3) is 17.5. The molecule has 0 radical (unpaired) electrons. The third-order valence-electron chi connectivity index (χ3n) is 12.9. The van der Waals surface area contributed by atoms with Gasteiger partial charge < -0.3 is 61.3 Å². The maximum Gasteiger partial charge on any atom is 0.335 e. The van der Waals surface area contributed by atoms with Crippen molar-refractivity contribution in [2.45, 2.75) is 73.0 Å². The molecule has 2 amide bonds. The van der Waals surface area contributed by atoms with Crippen molar-refractivity contribution < 1.29 is 101 Å². The van der Waals surface area contributed by atoms with E-state index in [9.17, 15) is 53.3 Å².